The predicted molar refractivity (Wildman–Crippen MR) is 55.3 cm³/mol. The smallest absolute Gasteiger partial charge is 0.170 e. The van der Waals surface area contributed by atoms with Crippen molar-refractivity contribution in [3.63, 3.8) is 0 Å². The first-order chi connectivity index (χ1) is 7.16. The van der Waals surface area contributed by atoms with Crippen LogP contribution >= 0.6 is 0 Å². The second-order valence-corrected chi connectivity index (χ2v) is 3.72. The summed E-state index contributed by atoms with van der Waals surface area (Å²) in [5, 5.41) is 0. The third-order valence-electron chi connectivity index (χ3n) is 2.42. The van der Waals surface area contributed by atoms with Crippen molar-refractivity contribution in [1.29, 1.82) is 0 Å². The first-order valence-corrected chi connectivity index (χ1v) is 4.95. The highest BCUT2D eigenvalue weighted by atomic mass is 16.5. The Bertz CT molecular complexity index is 421. The molecular weight excluding hydrogens is 192 g/mol. The Balaban J connectivity index is 2.23. The van der Waals surface area contributed by atoms with E-state index in [1.165, 1.54) is 6.92 Å². The van der Waals surface area contributed by atoms with E-state index in [4.69, 9.17) is 4.74 Å². The lowest BCUT2D eigenvalue weighted by Crippen LogP contribution is -2.04. The summed E-state index contributed by atoms with van der Waals surface area (Å²) in [6.07, 6.45) is 0.830. The number of carbonyl (C=O) groups excluding carboxylic acids is 2. The topological polar surface area (TPSA) is 43.4 Å². The molecule has 1 aromatic carbocycles. The molecule has 0 aliphatic carbocycles. The SMILES string of the molecule is CC(=O)CC(=O)c1ccc2c(c1)CCO2. The first-order valence-electron chi connectivity index (χ1n) is 4.95. The van der Waals surface area contributed by atoms with Crippen molar-refractivity contribution in [2.45, 2.75) is 19.8 Å². The molecule has 2 rings (SSSR count). The van der Waals surface area contributed by atoms with Crippen molar-refractivity contribution >= 4 is 11.6 Å². The average molecular weight is 204 g/mol. The van der Waals surface area contributed by atoms with Gasteiger partial charge in [-0.25, -0.2) is 0 Å². The average Bonchev–Trinajstić information content (AvgIpc) is 2.62. The number of benzene rings is 1. The van der Waals surface area contributed by atoms with E-state index in [1.54, 1.807) is 12.1 Å². The summed E-state index contributed by atoms with van der Waals surface area (Å²) in [4.78, 5) is 22.4. The molecule has 0 bridgehead atoms. The van der Waals surface area contributed by atoms with E-state index in [2.05, 4.69) is 0 Å². The Morgan fingerprint density at radius 1 is 1.40 bits per heavy atom. The van der Waals surface area contributed by atoms with Crippen molar-refractivity contribution in [1.82, 2.24) is 0 Å². The molecular formula is C12H12O3. The maximum atomic E-state index is 11.6. The number of Topliss-reactive ketones (excluding diaryl/α,β-unsaturated/α-hetero) is 2. The monoisotopic (exact) mass is 204 g/mol. The van der Waals surface area contributed by atoms with E-state index < -0.39 is 0 Å². The zero-order valence-corrected chi connectivity index (χ0v) is 8.58. The summed E-state index contributed by atoms with van der Waals surface area (Å²) in [6, 6.07) is 5.35. The summed E-state index contributed by atoms with van der Waals surface area (Å²) in [6.45, 7) is 2.11. The van der Waals surface area contributed by atoms with Gasteiger partial charge in [-0.2, -0.15) is 0 Å². The van der Waals surface area contributed by atoms with Gasteiger partial charge in [0.2, 0.25) is 0 Å². The van der Waals surface area contributed by atoms with Crippen LogP contribution < -0.4 is 4.74 Å². The quantitative estimate of drug-likeness (QED) is 0.556. The predicted octanol–water partition coefficient (Wildman–Crippen LogP) is 1.78. The Labute approximate surface area is 88.1 Å². The number of hydrogen-bond acceptors (Lipinski definition) is 3. The van der Waals surface area contributed by atoms with Crippen molar-refractivity contribution in [3.05, 3.63) is 29.3 Å². The highest BCUT2D eigenvalue weighted by molar-refractivity contribution is 6.07. The molecule has 0 radical (unpaired) electrons. The zero-order chi connectivity index (χ0) is 10.8. The molecule has 1 aromatic rings. The fourth-order valence-electron chi connectivity index (χ4n) is 1.69. The van der Waals surface area contributed by atoms with Crippen LogP contribution in [0.5, 0.6) is 5.75 Å². The van der Waals surface area contributed by atoms with E-state index in [0.29, 0.717) is 12.2 Å². The Hall–Kier alpha value is -1.64. The zero-order valence-electron chi connectivity index (χ0n) is 8.58. The molecule has 1 aliphatic heterocycles. The van der Waals surface area contributed by atoms with E-state index >= 15 is 0 Å². The maximum Gasteiger partial charge on any atom is 0.170 e. The van der Waals surface area contributed by atoms with Crippen LogP contribution in [-0.4, -0.2) is 18.2 Å². The Kier molecular flexibility index (Phi) is 2.54. The second kappa shape index (κ2) is 3.85. The van der Waals surface area contributed by atoms with Gasteiger partial charge in [-0.1, -0.05) is 0 Å². The van der Waals surface area contributed by atoms with Crippen LogP contribution in [0.25, 0.3) is 0 Å². The Morgan fingerprint density at radius 2 is 2.20 bits per heavy atom. The van der Waals surface area contributed by atoms with Crippen LogP contribution in [0.2, 0.25) is 0 Å². The molecule has 0 spiro atoms. The summed E-state index contributed by atoms with van der Waals surface area (Å²) >= 11 is 0. The molecule has 0 saturated carbocycles. The van der Waals surface area contributed by atoms with E-state index in [9.17, 15) is 9.59 Å². The standard InChI is InChI=1S/C12H12O3/c1-8(13)6-11(14)9-2-3-12-10(7-9)4-5-15-12/h2-3,7H,4-6H2,1H3. The van der Waals surface area contributed by atoms with Crippen LogP contribution in [0.3, 0.4) is 0 Å². The molecule has 0 unspecified atom stereocenters. The molecule has 0 N–H and O–H groups in total. The summed E-state index contributed by atoms with van der Waals surface area (Å²) < 4.78 is 5.34. The van der Waals surface area contributed by atoms with Crippen molar-refractivity contribution in [2.75, 3.05) is 6.61 Å². The number of ketones is 2. The molecule has 0 amide bonds. The molecule has 0 fully saturated rings. The lowest BCUT2D eigenvalue weighted by atomic mass is 10.0. The van der Waals surface area contributed by atoms with Gasteiger partial charge < -0.3 is 4.74 Å². The van der Waals surface area contributed by atoms with Crippen LogP contribution in [-0.2, 0) is 11.2 Å². The second-order valence-electron chi connectivity index (χ2n) is 3.72. The summed E-state index contributed by atoms with van der Waals surface area (Å²) in [7, 11) is 0. The number of ether oxygens (including phenoxy) is 1. The highest BCUT2D eigenvalue weighted by Crippen LogP contribution is 2.26. The number of carbonyl (C=O) groups is 2. The van der Waals surface area contributed by atoms with Gasteiger partial charge in [0.05, 0.1) is 13.0 Å². The van der Waals surface area contributed by atoms with Crippen LogP contribution in [0.15, 0.2) is 18.2 Å². The van der Waals surface area contributed by atoms with Gasteiger partial charge in [0.25, 0.3) is 0 Å². The minimum atomic E-state index is -0.114. The van der Waals surface area contributed by atoms with Crippen LogP contribution in [0, 0.1) is 0 Å². The third-order valence-corrected chi connectivity index (χ3v) is 2.42. The minimum absolute atomic E-state index is 0.0142. The van der Waals surface area contributed by atoms with Gasteiger partial charge in [0, 0.05) is 12.0 Å². The fraction of sp³-hybridized carbons (Fsp3) is 0.333. The van der Waals surface area contributed by atoms with Crippen LogP contribution in [0.1, 0.15) is 29.3 Å². The molecule has 0 atom stereocenters. The summed E-state index contributed by atoms with van der Waals surface area (Å²) in [5.74, 6) is 0.642. The molecule has 15 heavy (non-hydrogen) atoms. The van der Waals surface area contributed by atoms with Crippen molar-refractivity contribution < 1.29 is 14.3 Å². The molecule has 78 valence electrons. The largest absolute Gasteiger partial charge is 0.493 e. The van der Waals surface area contributed by atoms with Crippen molar-refractivity contribution in [3.8, 4) is 5.75 Å². The van der Waals surface area contributed by atoms with Gasteiger partial charge in [-0.15, -0.1) is 0 Å². The lowest BCUT2D eigenvalue weighted by molar-refractivity contribution is -0.116. The maximum absolute atomic E-state index is 11.6. The van der Waals surface area contributed by atoms with Gasteiger partial charge in [-0.3, -0.25) is 9.59 Å². The van der Waals surface area contributed by atoms with Gasteiger partial charge in [0.1, 0.15) is 11.5 Å². The summed E-state index contributed by atoms with van der Waals surface area (Å²) in [5.41, 5.74) is 1.67. The number of rotatable bonds is 3. The third kappa shape index (κ3) is 2.06. The van der Waals surface area contributed by atoms with E-state index in [0.717, 1.165) is 17.7 Å². The molecule has 3 heteroatoms. The van der Waals surface area contributed by atoms with E-state index in [-0.39, 0.29) is 18.0 Å². The van der Waals surface area contributed by atoms with Crippen LogP contribution in [0.4, 0.5) is 0 Å². The number of hydrogen-bond donors (Lipinski definition) is 0. The van der Waals surface area contributed by atoms with Gasteiger partial charge >= 0.3 is 0 Å². The molecule has 1 aliphatic rings. The minimum Gasteiger partial charge on any atom is -0.493 e. The number of fused-ring (bicyclic) bond motifs is 1. The van der Waals surface area contributed by atoms with Gasteiger partial charge in [0.15, 0.2) is 5.78 Å². The molecule has 3 nitrogen and oxygen atoms in total. The lowest BCUT2D eigenvalue weighted by Gasteiger charge is -2.02. The molecule has 1 heterocycles. The fourth-order valence-corrected chi connectivity index (χ4v) is 1.69. The van der Waals surface area contributed by atoms with Crippen molar-refractivity contribution in [2.24, 2.45) is 0 Å². The first kappa shape index (κ1) is 9.90. The van der Waals surface area contributed by atoms with Gasteiger partial charge in [-0.05, 0) is 30.7 Å². The normalized spacial score (nSPS) is 13.1. The van der Waals surface area contributed by atoms with E-state index in [1.807, 2.05) is 6.07 Å². The molecule has 0 saturated heterocycles. The highest BCUT2D eigenvalue weighted by Gasteiger charge is 2.15. The molecule has 0 aromatic heterocycles. The Morgan fingerprint density at radius 3 is 2.93 bits per heavy atom.